The van der Waals surface area contributed by atoms with Crippen molar-refractivity contribution in [3.05, 3.63) is 18.0 Å². The Morgan fingerprint density at radius 1 is 1.44 bits per heavy atom. The summed E-state index contributed by atoms with van der Waals surface area (Å²) in [6.07, 6.45) is 3.24. The van der Waals surface area contributed by atoms with Gasteiger partial charge in [-0.3, -0.25) is 9.58 Å². The average molecular weight is 222 g/mol. The minimum absolute atomic E-state index is 0.511. The van der Waals surface area contributed by atoms with E-state index in [9.17, 15) is 0 Å². The average Bonchev–Trinajstić information content (AvgIpc) is 2.78. The van der Waals surface area contributed by atoms with Crippen molar-refractivity contribution in [1.82, 2.24) is 20.0 Å². The summed E-state index contributed by atoms with van der Waals surface area (Å²) in [6, 6.07) is 2.66. The number of hydrogen-bond donors (Lipinski definition) is 1. The number of piperazine rings is 1. The molecule has 1 fully saturated rings. The van der Waals surface area contributed by atoms with Crippen molar-refractivity contribution >= 4 is 0 Å². The fourth-order valence-corrected chi connectivity index (χ4v) is 1.99. The normalized spacial score (nSPS) is 19.9. The molecule has 2 heterocycles. The third-order valence-corrected chi connectivity index (χ3v) is 3.30. The van der Waals surface area contributed by atoms with E-state index in [1.807, 2.05) is 0 Å². The van der Waals surface area contributed by atoms with E-state index in [1.165, 1.54) is 5.69 Å². The highest BCUT2D eigenvalue weighted by Gasteiger charge is 2.12. The van der Waals surface area contributed by atoms with E-state index in [-0.39, 0.29) is 0 Å². The Morgan fingerprint density at radius 3 is 2.88 bits per heavy atom. The molecule has 16 heavy (non-hydrogen) atoms. The summed E-state index contributed by atoms with van der Waals surface area (Å²) in [6.45, 7) is 9.87. The van der Waals surface area contributed by atoms with Crippen LogP contribution in [-0.4, -0.2) is 40.9 Å². The molecule has 4 nitrogen and oxygen atoms in total. The first kappa shape index (κ1) is 11.6. The second-order valence-corrected chi connectivity index (χ2v) is 4.57. The van der Waals surface area contributed by atoms with Gasteiger partial charge in [0.1, 0.15) is 0 Å². The third kappa shape index (κ3) is 2.83. The van der Waals surface area contributed by atoms with Crippen LogP contribution in [0.5, 0.6) is 0 Å². The van der Waals surface area contributed by atoms with Gasteiger partial charge >= 0.3 is 0 Å². The van der Waals surface area contributed by atoms with Gasteiger partial charge in [-0.05, 0) is 19.4 Å². The maximum Gasteiger partial charge on any atom is 0.0764 e. The van der Waals surface area contributed by atoms with E-state index in [1.54, 1.807) is 0 Å². The van der Waals surface area contributed by atoms with Crippen LogP contribution in [0, 0.1) is 0 Å². The first-order valence-corrected chi connectivity index (χ1v) is 6.26. The number of hydrogen-bond acceptors (Lipinski definition) is 3. The molecule has 0 amide bonds. The molecule has 0 spiro atoms. The molecule has 1 aromatic rings. The summed E-state index contributed by atoms with van der Waals surface area (Å²) < 4.78 is 2.08. The van der Waals surface area contributed by atoms with Gasteiger partial charge in [0.2, 0.25) is 0 Å². The lowest BCUT2D eigenvalue weighted by atomic mass is 10.3. The van der Waals surface area contributed by atoms with Crippen LogP contribution in [0.2, 0.25) is 0 Å². The van der Waals surface area contributed by atoms with Crippen LogP contribution in [-0.2, 0) is 6.54 Å². The maximum absolute atomic E-state index is 4.63. The molecule has 0 radical (unpaired) electrons. The zero-order valence-electron chi connectivity index (χ0n) is 10.3. The predicted octanol–water partition coefficient (Wildman–Crippen LogP) is 1.26. The van der Waals surface area contributed by atoms with Crippen molar-refractivity contribution in [2.24, 2.45) is 0 Å². The monoisotopic (exact) mass is 222 g/mol. The SMILES string of the molecule is CCC(C)n1ccc(CN2CCNCC2)n1. The quantitative estimate of drug-likeness (QED) is 0.832. The van der Waals surface area contributed by atoms with E-state index in [0.717, 1.165) is 39.1 Å². The molecule has 90 valence electrons. The van der Waals surface area contributed by atoms with E-state index >= 15 is 0 Å². The molecule has 1 aromatic heterocycles. The first-order chi connectivity index (χ1) is 7.79. The zero-order chi connectivity index (χ0) is 11.4. The lowest BCUT2D eigenvalue weighted by Crippen LogP contribution is -2.42. The Hall–Kier alpha value is -0.870. The lowest BCUT2D eigenvalue weighted by molar-refractivity contribution is 0.229. The molecular weight excluding hydrogens is 200 g/mol. The molecular formula is C12H22N4. The van der Waals surface area contributed by atoms with Gasteiger partial charge in [0.05, 0.1) is 5.69 Å². The molecule has 1 unspecified atom stereocenters. The number of aromatic nitrogens is 2. The topological polar surface area (TPSA) is 33.1 Å². The second kappa shape index (κ2) is 5.46. The molecule has 1 aliphatic heterocycles. The van der Waals surface area contributed by atoms with Crippen LogP contribution >= 0.6 is 0 Å². The van der Waals surface area contributed by atoms with E-state index in [4.69, 9.17) is 0 Å². The first-order valence-electron chi connectivity index (χ1n) is 6.26. The summed E-state index contributed by atoms with van der Waals surface area (Å²) in [5.41, 5.74) is 1.20. The summed E-state index contributed by atoms with van der Waals surface area (Å²) in [7, 11) is 0. The lowest BCUT2D eigenvalue weighted by Gasteiger charge is -2.26. The minimum atomic E-state index is 0.511. The largest absolute Gasteiger partial charge is 0.314 e. The van der Waals surface area contributed by atoms with Gasteiger partial charge in [0, 0.05) is 45.0 Å². The molecule has 0 aliphatic carbocycles. The van der Waals surface area contributed by atoms with Crippen LogP contribution in [0.25, 0.3) is 0 Å². The molecule has 0 aromatic carbocycles. The van der Waals surface area contributed by atoms with E-state index in [0.29, 0.717) is 6.04 Å². The zero-order valence-corrected chi connectivity index (χ0v) is 10.3. The van der Waals surface area contributed by atoms with Gasteiger partial charge in [0.25, 0.3) is 0 Å². The van der Waals surface area contributed by atoms with Gasteiger partial charge in [-0.25, -0.2) is 0 Å². The van der Waals surface area contributed by atoms with Crippen LogP contribution in [0.4, 0.5) is 0 Å². The minimum Gasteiger partial charge on any atom is -0.314 e. The molecule has 4 heteroatoms. The van der Waals surface area contributed by atoms with Gasteiger partial charge in [-0.1, -0.05) is 6.92 Å². The molecule has 1 N–H and O–H groups in total. The van der Waals surface area contributed by atoms with Crippen molar-refractivity contribution in [2.75, 3.05) is 26.2 Å². The van der Waals surface area contributed by atoms with Crippen LogP contribution in [0.1, 0.15) is 32.0 Å². The van der Waals surface area contributed by atoms with Crippen molar-refractivity contribution in [3.63, 3.8) is 0 Å². The molecule has 2 rings (SSSR count). The summed E-state index contributed by atoms with van der Waals surface area (Å²) in [4.78, 5) is 2.46. The van der Waals surface area contributed by atoms with Gasteiger partial charge < -0.3 is 5.32 Å². The Morgan fingerprint density at radius 2 is 2.19 bits per heavy atom. The molecule has 0 saturated carbocycles. The maximum atomic E-state index is 4.63. The Kier molecular flexibility index (Phi) is 3.96. The molecule has 0 bridgehead atoms. The molecule has 1 saturated heterocycles. The number of rotatable bonds is 4. The summed E-state index contributed by atoms with van der Waals surface area (Å²) >= 11 is 0. The van der Waals surface area contributed by atoms with E-state index in [2.05, 4.69) is 46.1 Å². The number of nitrogens with zero attached hydrogens (tertiary/aromatic N) is 3. The number of nitrogens with one attached hydrogen (secondary N) is 1. The Labute approximate surface area is 97.6 Å². The van der Waals surface area contributed by atoms with Crippen LogP contribution in [0.3, 0.4) is 0 Å². The smallest absolute Gasteiger partial charge is 0.0764 e. The second-order valence-electron chi connectivity index (χ2n) is 4.57. The third-order valence-electron chi connectivity index (χ3n) is 3.30. The van der Waals surface area contributed by atoms with Crippen molar-refractivity contribution < 1.29 is 0 Å². The predicted molar refractivity (Wildman–Crippen MR) is 65.4 cm³/mol. The van der Waals surface area contributed by atoms with Gasteiger partial charge in [0.15, 0.2) is 0 Å². The van der Waals surface area contributed by atoms with E-state index < -0.39 is 0 Å². The highest BCUT2D eigenvalue weighted by molar-refractivity contribution is 5.00. The van der Waals surface area contributed by atoms with Gasteiger partial charge in [-0.2, -0.15) is 5.10 Å². The van der Waals surface area contributed by atoms with Crippen LogP contribution in [0.15, 0.2) is 12.3 Å². The fourth-order valence-electron chi connectivity index (χ4n) is 1.99. The highest BCUT2D eigenvalue weighted by Crippen LogP contribution is 2.10. The van der Waals surface area contributed by atoms with Gasteiger partial charge in [-0.15, -0.1) is 0 Å². The highest BCUT2D eigenvalue weighted by atomic mass is 15.3. The molecule has 1 atom stereocenters. The summed E-state index contributed by atoms with van der Waals surface area (Å²) in [5.74, 6) is 0. The van der Waals surface area contributed by atoms with Crippen molar-refractivity contribution in [1.29, 1.82) is 0 Å². The Bertz CT molecular complexity index is 315. The van der Waals surface area contributed by atoms with Crippen molar-refractivity contribution in [3.8, 4) is 0 Å². The van der Waals surface area contributed by atoms with Crippen LogP contribution < -0.4 is 5.32 Å². The fraction of sp³-hybridized carbons (Fsp3) is 0.750. The van der Waals surface area contributed by atoms with Crippen molar-refractivity contribution in [2.45, 2.75) is 32.9 Å². The molecule has 1 aliphatic rings. The Balaban J connectivity index is 1.91. The standard InChI is InChI=1S/C12H22N4/c1-3-11(2)16-7-4-12(14-16)10-15-8-5-13-6-9-15/h4,7,11,13H,3,5-6,8-10H2,1-2H3. The summed E-state index contributed by atoms with van der Waals surface area (Å²) in [5, 5.41) is 8.00.